The highest BCUT2D eigenvalue weighted by molar-refractivity contribution is 6.31. The van der Waals surface area contributed by atoms with Crippen LogP contribution in [0.15, 0.2) is 12.1 Å². The van der Waals surface area contributed by atoms with E-state index < -0.39 is 12.2 Å². The number of hydrogen-bond donors (Lipinski definition) is 0. The third kappa shape index (κ3) is 1.72. The molecule has 0 aliphatic rings. The van der Waals surface area contributed by atoms with Gasteiger partial charge in [-0.3, -0.25) is 0 Å². The van der Waals surface area contributed by atoms with Gasteiger partial charge in [0.15, 0.2) is 0 Å². The van der Waals surface area contributed by atoms with Crippen LogP contribution in [-0.2, 0) is 0 Å². The Kier molecular flexibility index (Phi) is 2.62. The van der Waals surface area contributed by atoms with Crippen molar-refractivity contribution in [3.8, 4) is 0 Å². The van der Waals surface area contributed by atoms with Crippen molar-refractivity contribution in [2.24, 2.45) is 0 Å². The predicted octanol–water partition coefficient (Wildman–Crippen LogP) is 3.73. The van der Waals surface area contributed by atoms with Crippen LogP contribution in [0, 0.1) is 12.7 Å². The lowest BCUT2D eigenvalue weighted by Gasteiger charge is -2.03. The molecule has 0 unspecified atom stereocenters. The molecule has 1 aromatic carbocycles. The topological polar surface area (TPSA) is 0 Å². The van der Waals surface area contributed by atoms with Gasteiger partial charge in [0.1, 0.15) is 5.82 Å². The highest BCUT2D eigenvalue weighted by atomic mass is 35.5. The van der Waals surface area contributed by atoms with Crippen molar-refractivity contribution in [3.05, 3.63) is 34.1 Å². The van der Waals surface area contributed by atoms with Gasteiger partial charge in [-0.1, -0.05) is 11.6 Å². The molecule has 0 atom stereocenters. The second-order valence-corrected chi connectivity index (χ2v) is 2.81. The summed E-state index contributed by atoms with van der Waals surface area (Å²) in [7, 11) is 0. The van der Waals surface area contributed by atoms with Crippen LogP contribution in [0.2, 0.25) is 5.02 Å². The van der Waals surface area contributed by atoms with Crippen LogP contribution >= 0.6 is 11.6 Å². The number of aryl methyl sites for hydroxylation is 1. The van der Waals surface area contributed by atoms with Crippen molar-refractivity contribution in [2.45, 2.75) is 13.3 Å². The summed E-state index contributed by atoms with van der Waals surface area (Å²) in [6.07, 6.45) is -2.66. The Morgan fingerprint density at radius 3 is 2.33 bits per heavy atom. The zero-order valence-corrected chi connectivity index (χ0v) is 7.00. The van der Waals surface area contributed by atoms with Crippen LogP contribution in [0.25, 0.3) is 0 Å². The fraction of sp³-hybridized carbons (Fsp3) is 0.250. The first-order chi connectivity index (χ1) is 5.52. The molecule has 0 saturated carbocycles. The number of rotatable bonds is 1. The molecule has 0 N–H and O–H groups in total. The van der Waals surface area contributed by atoms with E-state index in [-0.39, 0.29) is 10.6 Å². The van der Waals surface area contributed by atoms with Gasteiger partial charge >= 0.3 is 0 Å². The van der Waals surface area contributed by atoms with Crippen LogP contribution in [-0.4, -0.2) is 0 Å². The minimum Gasteiger partial charge on any atom is -0.205 e. The third-order valence-corrected chi connectivity index (χ3v) is 1.96. The van der Waals surface area contributed by atoms with Crippen LogP contribution in [0.3, 0.4) is 0 Å². The van der Waals surface area contributed by atoms with Crippen molar-refractivity contribution in [1.29, 1.82) is 0 Å². The average Bonchev–Trinajstić information content (AvgIpc) is 1.99. The zero-order chi connectivity index (χ0) is 9.30. The molecule has 0 amide bonds. The second-order valence-electron chi connectivity index (χ2n) is 2.43. The first kappa shape index (κ1) is 9.39. The van der Waals surface area contributed by atoms with Crippen molar-refractivity contribution >= 4 is 11.6 Å². The Morgan fingerprint density at radius 1 is 1.33 bits per heavy atom. The summed E-state index contributed by atoms with van der Waals surface area (Å²) in [5.74, 6) is -0.799. The van der Waals surface area contributed by atoms with Crippen molar-refractivity contribution < 1.29 is 13.2 Å². The lowest BCUT2D eigenvalue weighted by atomic mass is 10.1. The van der Waals surface area contributed by atoms with E-state index in [1.54, 1.807) is 0 Å². The summed E-state index contributed by atoms with van der Waals surface area (Å²) in [5, 5.41) is -0.0978. The minimum atomic E-state index is -2.66. The molecule has 0 radical (unpaired) electrons. The van der Waals surface area contributed by atoms with E-state index in [1.807, 2.05) is 0 Å². The quantitative estimate of drug-likeness (QED) is 0.639. The summed E-state index contributed by atoms with van der Waals surface area (Å²) in [4.78, 5) is 0. The van der Waals surface area contributed by atoms with Gasteiger partial charge in [-0.2, -0.15) is 0 Å². The maximum atomic E-state index is 12.7. The summed E-state index contributed by atoms with van der Waals surface area (Å²) < 4.78 is 36.8. The molecule has 0 spiro atoms. The van der Waals surface area contributed by atoms with Crippen molar-refractivity contribution in [3.63, 3.8) is 0 Å². The number of halogens is 4. The molecule has 1 aromatic rings. The summed E-state index contributed by atoms with van der Waals surface area (Å²) >= 11 is 5.43. The van der Waals surface area contributed by atoms with Crippen LogP contribution in [0.1, 0.15) is 17.6 Å². The number of benzene rings is 1. The molecule has 0 aliphatic carbocycles. The Balaban J connectivity index is 3.21. The Morgan fingerprint density at radius 2 is 1.92 bits per heavy atom. The lowest BCUT2D eigenvalue weighted by molar-refractivity contribution is 0.151. The van der Waals surface area contributed by atoms with Crippen LogP contribution in [0.4, 0.5) is 13.2 Å². The highest BCUT2D eigenvalue weighted by Crippen LogP contribution is 2.26. The summed E-state index contributed by atoms with van der Waals surface area (Å²) in [6.45, 7) is 1.48. The number of hydrogen-bond acceptors (Lipinski definition) is 0. The van der Waals surface area contributed by atoms with Crippen molar-refractivity contribution in [2.75, 3.05) is 0 Å². The fourth-order valence-corrected chi connectivity index (χ4v) is 0.988. The van der Waals surface area contributed by atoms with E-state index in [1.165, 1.54) is 13.0 Å². The SMILES string of the molecule is Cc1cc(C(F)F)cc(F)c1Cl. The summed E-state index contributed by atoms with van der Waals surface area (Å²) in [6, 6.07) is 1.93. The molecule has 0 fully saturated rings. The molecule has 66 valence electrons. The molecule has 0 heterocycles. The molecule has 0 bridgehead atoms. The predicted molar refractivity (Wildman–Crippen MR) is 41.1 cm³/mol. The van der Waals surface area contributed by atoms with Gasteiger partial charge in [0.25, 0.3) is 6.43 Å². The van der Waals surface area contributed by atoms with Crippen LogP contribution < -0.4 is 0 Å². The molecule has 0 nitrogen and oxygen atoms in total. The van der Waals surface area contributed by atoms with E-state index >= 15 is 0 Å². The van der Waals surface area contributed by atoms with Gasteiger partial charge in [0.05, 0.1) is 5.02 Å². The molecule has 1 rings (SSSR count). The normalized spacial score (nSPS) is 10.8. The third-order valence-electron chi connectivity index (χ3n) is 1.48. The Hall–Kier alpha value is -0.700. The standard InChI is InChI=1S/C8H6ClF3/c1-4-2-5(8(11)12)3-6(10)7(4)9/h2-3,8H,1H3. The van der Waals surface area contributed by atoms with Gasteiger partial charge < -0.3 is 0 Å². The van der Waals surface area contributed by atoms with Crippen LogP contribution in [0.5, 0.6) is 0 Å². The average molecular weight is 195 g/mol. The second kappa shape index (κ2) is 3.35. The first-order valence-electron chi connectivity index (χ1n) is 3.26. The van der Waals surface area contributed by atoms with Gasteiger partial charge in [0.2, 0.25) is 0 Å². The Bertz CT molecular complexity index is 273. The molecular weight excluding hydrogens is 189 g/mol. The zero-order valence-electron chi connectivity index (χ0n) is 6.24. The molecule has 0 aromatic heterocycles. The Labute approximate surface area is 73.0 Å². The van der Waals surface area contributed by atoms with Gasteiger partial charge in [-0.15, -0.1) is 0 Å². The highest BCUT2D eigenvalue weighted by Gasteiger charge is 2.12. The van der Waals surface area contributed by atoms with Gasteiger partial charge in [-0.25, -0.2) is 13.2 Å². The smallest absolute Gasteiger partial charge is 0.205 e. The van der Waals surface area contributed by atoms with E-state index in [9.17, 15) is 13.2 Å². The molecule has 0 aliphatic heterocycles. The van der Waals surface area contributed by atoms with Gasteiger partial charge in [0, 0.05) is 5.56 Å². The number of alkyl halides is 2. The van der Waals surface area contributed by atoms with E-state index in [4.69, 9.17) is 11.6 Å². The first-order valence-corrected chi connectivity index (χ1v) is 3.64. The molecule has 12 heavy (non-hydrogen) atoms. The van der Waals surface area contributed by atoms with E-state index in [0.717, 1.165) is 6.07 Å². The van der Waals surface area contributed by atoms with Gasteiger partial charge in [-0.05, 0) is 24.6 Å². The molecule has 0 saturated heterocycles. The van der Waals surface area contributed by atoms with E-state index in [2.05, 4.69) is 0 Å². The fourth-order valence-electron chi connectivity index (χ4n) is 0.879. The summed E-state index contributed by atoms with van der Waals surface area (Å²) in [5.41, 5.74) is -0.0126. The maximum absolute atomic E-state index is 12.7. The minimum absolute atomic E-state index is 0.0978. The van der Waals surface area contributed by atoms with E-state index in [0.29, 0.717) is 5.56 Å². The largest absolute Gasteiger partial charge is 0.263 e. The maximum Gasteiger partial charge on any atom is 0.263 e. The molecule has 4 heteroatoms. The molecular formula is C8H6ClF3. The monoisotopic (exact) mass is 194 g/mol. The lowest BCUT2D eigenvalue weighted by Crippen LogP contribution is -1.89. The van der Waals surface area contributed by atoms with Crippen molar-refractivity contribution in [1.82, 2.24) is 0 Å².